The van der Waals surface area contributed by atoms with Crippen molar-refractivity contribution in [1.82, 2.24) is 9.47 Å². The molecule has 1 N–H and O–H groups in total. The summed E-state index contributed by atoms with van der Waals surface area (Å²) >= 11 is 0. The average Bonchev–Trinajstić information content (AvgIpc) is 3.00. The maximum atomic E-state index is 12.5. The predicted octanol–water partition coefficient (Wildman–Crippen LogP) is 2.47. The monoisotopic (exact) mass is 312 g/mol. The van der Waals surface area contributed by atoms with Crippen molar-refractivity contribution < 1.29 is 14.7 Å². The molecule has 2 aromatic rings. The number of aryl methyl sites for hydroxylation is 1. The van der Waals surface area contributed by atoms with E-state index in [9.17, 15) is 14.7 Å². The molecule has 2 heterocycles. The van der Waals surface area contributed by atoms with Crippen LogP contribution in [0.1, 0.15) is 33.7 Å². The molecular formula is C18H20N2O3. The maximum absolute atomic E-state index is 12.5. The van der Waals surface area contributed by atoms with Gasteiger partial charge in [-0.15, -0.1) is 0 Å². The largest absolute Gasteiger partial charge is 0.508 e. The zero-order valence-electron chi connectivity index (χ0n) is 13.1. The molecule has 0 atom stereocenters. The first-order valence-corrected chi connectivity index (χ1v) is 7.80. The fraction of sp³-hybridized carbons (Fsp3) is 0.333. The first-order valence-electron chi connectivity index (χ1n) is 7.80. The SMILES string of the molecule is Cn1cccc1C(=O)N1CCC(C(=O)c2ccc(O)cc2)CC1. The minimum Gasteiger partial charge on any atom is -0.508 e. The second-order valence-electron chi connectivity index (χ2n) is 5.98. The summed E-state index contributed by atoms with van der Waals surface area (Å²) in [6.07, 6.45) is 3.21. The zero-order chi connectivity index (χ0) is 16.4. The minimum absolute atomic E-state index is 0.0213. The number of piperidine rings is 1. The van der Waals surface area contributed by atoms with E-state index >= 15 is 0 Å². The fourth-order valence-electron chi connectivity index (χ4n) is 3.05. The van der Waals surface area contributed by atoms with Gasteiger partial charge in [0.15, 0.2) is 5.78 Å². The summed E-state index contributed by atoms with van der Waals surface area (Å²) in [6.45, 7) is 1.19. The zero-order valence-corrected chi connectivity index (χ0v) is 13.1. The molecule has 1 amide bonds. The van der Waals surface area contributed by atoms with E-state index in [1.807, 2.05) is 34.8 Å². The van der Waals surface area contributed by atoms with E-state index in [1.165, 1.54) is 12.1 Å². The van der Waals surface area contributed by atoms with Crippen molar-refractivity contribution in [2.45, 2.75) is 12.8 Å². The number of aromatic nitrogens is 1. The van der Waals surface area contributed by atoms with Crippen LogP contribution in [0.2, 0.25) is 0 Å². The number of benzene rings is 1. The van der Waals surface area contributed by atoms with Crippen molar-refractivity contribution in [3.05, 3.63) is 53.9 Å². The molecular weight excluding hydrogens is 292 g/mol. The summed E-state index contributed by atoms with van der Waals surface area (Å²) in [7, 11) is 1.86. The summed E-state index contributed by atoms with van der Waals surface area (Å²) in [5.41, 5.74) is 1.29. The van der Waals surface area contributed by atoms with Gasteiger partial charge in [0.2, 0.25) is 0 Å². The summed E-state index contributed by atoms with van der Waals surface area (Å²) in [5.74, 6) is 0.213. The third kappa shape index (κ3) is 3.13. The van der Waals surface area contributed by atoms with E-state index in [2.05, 4.69) is 0 Å². The van der Waals surface area contributed by atoms with Crippen molar-refractivity contribution in [2.24, 2.45) is 13.0 Å². The molecule has 120 valence electrons. The van der Waals surface area contributed by atoms with E-state index in [4.69, 9.17) is 0 Å². The average molecular weight is 312 g/mol. The summed E-state index contributed by atoms with van der Waals surface area (Å²) < 4.78 is 1.82. The molecule has 1 aliphatic heterocycles. The second-order valence-corrected chi connectivity index (χ2v) is 5.98. The van der Waals surface area contributed by atoms with Crippen LogP contribution in [0, 0.1) is 5.92 Å². The van der Waals surface area contributed by atoms with Crippen molar-refractivity contribution in [3.63, 3.8) is 0 Å². The van der Waals surface area contributed by atoms with Gasteiger partial charge in [-0.3, -0.25) is 9.59 Å². The Balaban J connectivity index is 1.62. The lowest BCUT2D eigenvalue weighted by Gasteiger charge is -2.31. The van der Waals surface area contributed by atoms with Crippen LogP contribution in [-0.4, -0.2) is 39.4 Å². The molecule has 1 aromatic heterocycles. The number of phenols is 1. The number of ketones is 1. The Kier molecular flexibility index (Phi) is 4.19. The molecule has 1 saturated heterocycles. The van der Waals surface area contributed by atoms with E-state index in [-0.39, 0.29) is 23.4 Å². The van der Waals surface area contributed by atoms with Crippen molar-refractivity contribution in [1.29, 1.82) is 0 Å². The molecule has 1 aliphatic rings. The highest BCUT2D eigenvalue weighted by Gasteiger charge is 2.29. The van der Waals surface area contributed by atoms with Crippen LogP contribution in [0.4, 0.5) is 0 Å². The number of rotatable bonds is 3. The smallest absolute Gasteiger partial charge is 0.270 e. The van der Waals surface area contributed by atoms with Gasteiger partial charge in [0.25, 0.3) is 5.91 Å². The van der Waals surface area contributed by atoms with Gasteiger partial charge in [0, 0.05) is 37.8 Å². The Morgan fingerprint density at radius 2 is 1.74 bits per heavy atom. The molecule has 0 saturated carbocycles. The topological polar surface area (TPSA) is 62.5 Å². The van der Waals surface area contributed by atoms with Gasteiger partial charge in [-0.25, -0.2) is 0 Å². The lowest BCUT2D eigenvalue weighted by Crippen LogP contribution is -2.40. The molecule has 1 fully saturated rings. The predicted molar refractivity (Wildman–Crippen MR) is 86.5 cm³/mol. The molecule has 0 unspecified atom stereocenters. The maximum Gasteiger partial charge on any atom is 0.270 e. The Bertz CT molecular complexity index is 710. The molecule has 0 aliphatic carbocycles. The van der Waals surface area contributed by atoms with Crippen LogP contribution >= 0.6 is 0 Å². The lowest BCUT2D eigenvalue weighted by atomic mass is 9.89. The Morgan fingerprint density at radius 1 is 1.09 bits per heavy atom. The molecule has 3 rings (SSSR count). The number of hydrogen-bond donors (Lipinski definition) is 1. The Hall–Kier alpha value is -2.56. The highest BCUT2D eigenvalue weighted by atomic mass is 16.3. The van der Waals surface area contributed by atoms with E-state index < -0.39 is 0 Å². The number of amides is 1. The van der Waals surface area contributed by atoms with Crippen LogP contribution in [0.3, 0.4) is 0 Å². The van der Waals surface area contributed by atoms with E-state index in [1.54, 1.807) is 12.1 Å². The molecule has 0 radical (unpaired) electrons. The van der Waals surface area contributed by atoms with Gasteiger partial charge in [0.1, 0.15) is 11.4 Å². The molecule has 23 heavy (non-hydrogen) atoms. The molecule has 5 heteroatoms. The summed E-state index contributed by atoms with van der Waals surface area (Å²) in [5, 5.41) is 9.30. The first-order chi connectivity index (χ1) is 11.1. The van der Waals surface area contributed by atoms with Crippen LogP contribution in [0.25, 0.3) is 0 Å². The third-order valence-electron chi connectivity index (χ3n) is 4.47. The van der Waals surface area contributed by atoms with Crippen LogP contribution in [-0.2, 0) is 7.05 Å². The minimum atomic E-state index is -0.0583. The van der Waals surface area contributed by atoms with Crippen LogP contribution in [0.15, 0.2) is 42.6 Å². The van der Waals surface area contributed by atoms with Crippen LogP contribution in [0.5, 0.6) is 5.75 Å². The normalized spacial score (nSPS) is 15.6. The van der Waals surface area contributed by atoms with Crippen molar-refractivity contribution in [2.75, 3.05) is 13.1 Å². The quantitative estimate of drug-likeness (QED) is 0.886. The summed E-state index contributed by atoms with van der Waals surface area (Å²) in [6, 6.07) is 10.0. The molecule has 0 bridgehead atoms. The molecule has 1 aromatic carbocycles. The van der Waals surface area contributed by atoms with E-state index in [0.29, 0.717) is 37.2 Å². The third-order valence-corrected chi connectivity index (χ3v) is 4.47. The van der Waals surface area contributed by atoms with Gasteiger partial charge in [-0.2, -0.15) is 0 Å². The number of phenolic OH excluding ortho intramolecular Hbond substituents is 1. The van der Waals surface area contributed by atoms with Gasteiger partial charge in [-0.05, 0) is 49.2 Å². The van der Waals surface area contributed by atoms with Gasteiger partial charge in [0.05, 0.1) is 0 Å². The number of carbonyl (C=O) groups excluding carboxylic acids is 2. The van der Waals surface area contributed by atoms with Gasteiger partial charge < -0.3 is 14.6 Å². The number of aromatic hydroxyl groups is 1. The van der Waals surface area contributed by atoms with E-state index in [0.717, 1.165) is 0 Å². The van der Waals surface area contributed by atoms with Crippen molar-refractivity contribution >= 4 is 11.7 Å². The fourth-order valence-corrected chi connectivity index (χ4v) is 3.05. The Morgan fingerprint density at radius 3 is 2.30 bits per heavy atom. The summed E-state index contributed by atoms with van der Waals surface area (Å²) in [4.78, 5) is 26.8. The number of Topliss-reactive ketones (excluding diaryl/α,β-unsaturated/α-hetero) is 1. The number of hydrogen-bond acceptors (Lipinski definition) is 3. The number of likely N-dealkylation sites (tertiary alicyclic amines) is 1. The van der Waals surface area contributed by atoms with Gasteiger partial charge >= 0.3 is 0 Å². The molecule has 5 nitrogen and oxygen atoms in total. The number of nitrogens with zero attached hydrogens (tertiary/aromatic N) is 2. The standard InChI is InChI=1S/C18H20N2O3/c1-19-10-2-3-16(19)18(23)20-11-8-14(9-12-20)17(22)13-4-6-15(21)7-5-13/h2-7,10,14,21H,8-9,11-12H2,1H3. The lowest BCUT2D eigenvalue weighted by molar-refractivity contribution is 0.0642. The van der Waals surface area contributed by atoms with Crippen molar-refractivity contribution in [3.8, 4) is 5.75 Å². The number of carbonyl (C=O) groups is 2. The van der Waals surface area contributed by atoms with Gasteiger partial charge in [-0.1, -0.05) is 0 Å². The second kappa shape index (κ2) is 6.28. The highest BCUT2D eigenvalue weighted by Crippen LogP contribution is 2.24. The van der Waals surface area contributed by atoms with Crippen LogP contribution < -0.4 is 0 Å². The first kappa shape index (κ1) is 15.3. The molecule has 0 spiro atoms. The Labute approximate surface area is 135 Å². The highest BCUT2D eigenvalue weighted by molar-refractivity contribution is 5.98.